The van der Waals surface area contributed by atoms with E-state index in [1.807, 2.05) is 18.2 Å². The summed E-state index contributed by atoms with van der Waals surface area (Å²) in [6.45, 7) is 2.94. The van der Waals surface area contributed by atoms with Crippen molar-refractivity contribution in [3.63, 3.8) is 0 Å². The van der Waals surface area contributed by atoms with Crippen LogP contribution in [0.1, 0.15) is 40.7 Å². The summed E-state index contributed by atoms with van der Waals surface area (Å²) in [4.78, 5) is 26.6. The second-order valence-electron chi connectivity index (χ2n) is 6.06. The molecule has 1 fully saturated rings. The Kier molecular flexibility index (Phi) is 4.71. The number of likely N-dealkylation sites (tertiary alicyclic amines) is 1. The van der Waals surface area contributed by atoms with Crippen LogP contribution in [0.15, 0.2) is 30.6 Å². The molecule has 1 amide bonds. The van der Waals surface area contributed by atoms with Crippen LogP contribution < -0.4 is 5.73 Å². The zero-order valence-electron chi connectivity index (χ0n) is 13.6. The quantitative estimate of drug-likeness (QED) is 0.881. The number of amides is 1. The monoisotopic (exact) mass is 327 g/mol. The van der Waals surface area contributed by atoms with Gasteiger partial charge in [0.2, 0.25) is 5.95 Å². The Balaban J connectivity index is 1.63. The van der Waals surface area contributed by atoms with Gasteiger partial charge in [-0.1, -0.05) is 6.07 Å². The number of anilines is 1. The van der Waals surface area contributed by atoms with E-state index in [9.17, 15) is 9.90 Å². The number of nitrogen functional groups attached to an aromatic ring is 1. The van der Waals surface area contributed by atoms with Crippen molar-refractivity contribution in [3.05, 3.63) is 47.5 Å². The van der Waals surface area contributed by atoms with Gasteiger partial charge in [-0.05, 0) is 37.8 Å². The Bertz CT molecular complexity index is 714. The maximum Gasteiger partial charge on any atom is 0.257 e. The second kappa shape index (κ2) is 6.92. The number of carbonyl (C=O) groups is 1. The summed E-state index contributed by atoms with van der Waals surface area (Å²) in [5, 5.41) is 10.5. The first kappa shape index (κ1) is 16.3. The summed E-state index contributed by atoms with van der Waals surface area (Å²) >= 11 is 0. The van der Waals surface area contributed by atoms with Crippen LogP contribution in [-0.4, -0.2) is 44.0 Å². The van der Waals surface area contributed by atoms with Gasteiger partial charge >= 0.3 is 0 Å². The molecule has 2 aromatic rings. The highest BCUT2D eigenvalue weighted by Gasteiger charge is 2.29. The highest BCUT2D eigenvalue weighted by atomic mass is 16.3. The van der Waals surface area contributed by atoms with E-state index in [0.717, 1.165) is 12.8 Å². The molecule has 0 saturated carbocycles. The molecule has 3 N–H and O–H groups in total. The normalized spacial score (nSPS) is 16.8. The molecule has 7 heteroatoms. The van der Waals surface area contributed by atoms with Crippen LogP contribution in [0.4, 0.5) is 5.95 Å². The third kappa shape index (κ3) is 3.35. The SMILES string of the molecule is Cc1nc(N)ncc1C(=O)N1CCC(C(O)c2ccccn2)CC1. The molecule has 1 unspecified atom stereocenters. The van der Waals surface area contributed by atoms with Crippen LogP contribution in [0, 0.1) is 12.8 Å². The number of piperidine rings is 1. The lowest BCUT2D eigenvalue weighted by Gasteiger charge is -2.34. The molecule has 1 atom stereocenters. The molecule has 2 aromatic heterocycles. The summed E-state index contributed by atoms with van der Waals surface area (Å²) in [7, 11) is 0. The van der Waals surface area contributed by atoms with Crippen molar-refractivity contribution >= 4 is 11.9 Å². The van der Waals surface area contributed by atoms with Crippen LogP contribution in [-0.2, 0) is 0 Å². The van der Waals surface area contributed by atoms with Crippen molar-refractivity contribution in [2.75, 3.05) is 18.8 Å². The number of aliphatic hydroxyl groups excluding tert-OH is 1. The van der Waals surface area contributed by atoms with Crippen molar-refractivity contribution in [1.29, 1.82) is 0 Å². The smallest absolute Gasteiger partial charge is 0.257 e. The van der Waals surface area contributed by atoms with E-state index in [2.05, 4.69) is 15.0 Å². The molecule has 24 heavy (non-hydrogen) atoms. The van der Waals surface area contributed by atoms with Gasteiger partial charge in [-0.25, -0.2) is 9.97 Å². The Morgan fingerprint density at radius 1 is 1.33 bits per heavy atom. The number of aliphatic hydroxyl groups is 1. The summed E-state index contributed by atoms with van der Waals surface area (Å²) in [6, 6.07) is 5.53. The van der Waals surface area contributed by atoms with Crippen LogP contribution >= 0.6 is 0 Å². The lowest BCUT2D eigenvalue weighted by Crippen LogP contribution is -2.40. The Labute approximate surface area is 140 Å². The van der Waals surface area contributed by atoms with Crippen molar-refractivity contribution in [2.45, 2.75) is 25.9 Å². The van der Waals surface area contributed by atoms with E-state index in [-0.39, 0.29) is 17.8 Å². The predicted molar refractivity (Wildman–Crippen MR) is 89.0 cm³/mol. The van der Waals surface area contributed by atoms with Crippen LogP contribution in [0.3, 0.4) is 0 Å². The van der Waals surface area contributed by atoms with Gasteiger partial charge in [0.25, 0.3) is 5.91 Å². The van der Waals surface area contributed by atoms with Crippen molar-refractivity contribution in [1.82, 2.24) is 19.9 Å². The van der Waals surface area contributed by atoms with Gasteiger partial charge in [-0.15, -0.1) is 0 Å². The number of rotatable bonds is 3. The number of hydrogen-bond donors (Lipinski definition) is 2. The van der Waals surface area contributed by atoms with E-state index in [4.69, 9.17) is 5.73 Å². The fourth-order valence-electron chi connectivity index (χ4n) is 3.08. The molecule has 1 aliphatic heterocycles. The minimum atomic E-state index is -0.593. The topological polar surface area (TPSA) is 105 Å². The highest BCUT2D eigenvalue weighted by molar-refractivity contribution is 5.95. The number of carbonyl (C=O) groups excluding carboxylic acids is 1. The molecule has 0 aliphatic carbocycles. The Hall–Kier alpha value is -2.54. The summed E-state index contributed by atoms with van der Waals surface area (Å²) in [5.74, 6) is 0.187. The van der Waals surface area contributed by atoms with Gasteiger partial charge in [0, 0.05) is 25.5 Å². The van der Waals surface area contributed by atoms with Gasteiger partial charge < -0.3 is 15.7 Å². The number of pyridine rings is 1. The highest BCUT2D eigenvalue weighted by Crippen LogP contribution is 2.30. The van der Waals surface area contributed by atoms with Gasteiger partial charge in [0.15, 0.2) is 0 Å². The average Bonchev–Trinajstić information content (AvgIpc) is 2.61. The molecule has 1 saturated heterocycles. The molecule has 126 valence electrons. The minimum Gasteiger partial charge on any atom is -0.387 e. The zero-order chi connectivity index (χ0) is 17.1. The van der Waals surface area contributed by atoms with Gasteiger partial charge in [0.05, 0.1) is 23.1 Å². The molecule has 3 rings (SSSR count). The predicted octanol–water partition coefficient (Wildman–Crippen LogP) is 1.35. The molecule has 0 aromatic carbocycles. The van der Waals surface area contributed by atoms with E-state index in [0.29, 0.717) is 30.0 Å². The van der Waals surface area contributed by atoms with Gasteiger partial charge in [0.1, 0.15) is 0 Å². The summed E-state index contributed by atoms with van der Waals surface area (Å²) < 4.78 is 0. The van der Waals surface area contributed by atoms with E-state index >= 15 is 0 Å². The summed E-state index contributed by atoms with van der Waals surface area (Å²) in [6.07, 6.45) is 4.04. The van der Waals surface area contributed by atoms with Crippen molar-refractivity contribution in [3.8, 4) is 0 Å². The standard InChI is InChI=1S/C17H21N5O2/c1-11-13(10-20-17(18)21-11)16(24)22-8-5-12(6-9-22)15(23)14-4-2-3-7-19-14/h2-4,7,10,12,15,23H,5-6,8-9H2,1H3,(H2,18,20,21). The van der Waals surface area contributed by atoms with E-state index in [1.165, 1.54) is 6.20 Å². The van der Waals surface area contributed by atoms with Crippen LogP contribution in [0.2, 0.25) is 0 Å². The Morgan fingerprint density at radius 3 is 2.71 bits per heavy atom. The number of aromatic nitrogens is 3. The second-order valence-corrected chi connectivity index (χ2v) is 6.06. The molecule has 7 nitrogen and oxygen atoms in total. The molecule has 0 spiro atoms. The van der Waals surface area contributed by atoms with Crippen LogP contribution in [0.5, 0.6) is 0 Å². The Morgan fingerprint density at radius 2 is 2.08 bits per heavy atom. The summed E-state index contributed by atoms with van der Waals surface area (Å²) in [5.41, 5.74) is 7.28. The minimum absolute atomic E-state index is 0.0849. The number of aryl methyl sites for hydroxylation is 1. The van der Waals surface area contributed by atoms with Gasteiger partial charge in [-0.2, -0.15) is 0 Å². The van der Waals surface area contributed by atoms with Crippen molar-refractivity contribution < 1.29 is 9.90 Å². The zero-order valence-corrected chi connectivity index (χ0v) is 13.6. The molecule has 3 heterocycles. The lowest BCUT2D eigenvalue weighted by molar-refractivity contribution is 0.0446. The fraction of sp³-hybridized carbons (Fsp3) is 0.412. The number of nitrogens with zero attached hydrogens (tertiary/aromatic N) is 4. The molecular weight excluding hydrogens is 306 g/mol. The third-order valence-electron chi connectivity index (χ3n) is 4.49. The largest absolute Gasteiger partial charge is 0.387 e. The average molecular weight is 327 g/mol. The van der Waals surface area contributed by atoms with Crippen LogP contribution in [0.25, 0.3) is 0 Å². The maximum atomic E-state index is 12.6. The molecule has 0 radical (unpaired) electrons. The maximum absolute atomic E-state index is 12.6. The lowest BCUT2D eigenvalue weighted by atomic mass is 9.89. The first-order chi connectivity index (χ1) is 11.6. The van der Waals surface area contributed by atoms with Crippen molar-refractivity contribution in [2.24, 2.45) is 5.92 Å². The first-order valence-corrected chi connectivity index (χ1v) is 8.03. The molecule has 0 bridgehead atoms. The van der Waals surface area contributed by atoms with E-state index < -0.39 is 6.10 Å². The number of hydrogen-bond acceptors (Lipinski definition) is 6. The molecular formula is C17H21N5O2. The fourth-order valence-corrected chi connectivity index (χ4v) is 3.08. The van der Waals surface area contributed by atoms with E-state index in [1.54, 1.807) is 18.0 Å². The van der Waals surface area contributed by atoms with Gasteiger partial charge in [-0.3, -0.25) is 9.78 Å². The number of nitrogens with two attached hydrogens (primary N) is 1. The first-order valence-electron chi connectivity index (χ1n) is 8.03. The third-order valence-corrected chi connectivity index (χ3v) is 4.49. The molecule has 1 aliphatic rings.